The minimum atomic E-state index is -0.112. The molecule has 3 rings (SSSR count). The van der Waals surface area contributed by atoms with Crippen molar-refractivity contribution >= 4 is 28.3 Å². The lowest BCUT2D eigenvalue weighted by Gasteiger charge is -2.04. The largest absolute Gasteiger partial charge is 0.347 e. The fourth-order valence-corrected chi connectivity index (χ4v) is 3.15. The van der Waals surface area contributed by atoms with Crippen molar-refractivity contribution in [3.05, 3.63) is 39.3 Å². The first-order valence-electron chi connectivity index (χ1n) is 6.91. The summed E-state index contributed by atoms with van der Waals surface area (Å²) in [5.74, 6) is -0.112. The van der Waals surface area contributed by atoms with Crippen LogP contribution < -0.4 is 11.1 Å². The Kier molecular flexibility index (Phi) is 4.12. The van der Waals surface area contributed by atoms with Gasteiger partial charge >= 0.3 is 0 Å². The first-order valence-corrected chi connectivity index (χ1v) is 7.73. The van der Waals surface area contributed by atoms with Crippen LogP contribution in [0.25, 0.3) is 11.0 Å². The second-order valence-electron chi connectivity index (χ2n) is 4.89. The monoisotopic (exact) mass is 316 g/mol. The first kappa shape index (κ1) is 14.6. The summed E-state index contributed by atoms with van der Waals surface area (Å²) in [6.07, 6.45) is 0.696. The molecule has 8 heteroatoms. The Bertz CT molecular complexity index is 809. The maximum atomic E-state index is 12.3. The van der Waals surface area contributed by atoms with E-state index in [1.165, 1.54) is 11.3 Å². The zero-order valence-corrected chi connectivity index (χ0v) is 12.9. The van der Waals surface area contributed by atoms with Crippen LogP contribution in [0.5, 0.6) is 0 Å². The number of aryl methyl sites for hydroxylation is 1. The summed E-state index contributed by atoms with van der Waals surface area (Å²) in [6.45, 7) is 2.81. The minimum Gasteiger partial charge on any atom is -0.347 e. The van der Waals surface area contributed by atoms with E-state index in [4.69, 9.17) is 5.73 Å². The molecule has 0 spiro atoms. The lowest BCUT2D eigenvalue weighted by atomic mass is 10.2. The van der Waals surface area contributed by atoms with Gasteiger partial charge in [0.1, 0.15) is 15.9 Å². The summed E-state index contributed by atoms with van der Waals surface area (Å²) in [7, 11) is 0. The molecule has 3 aromatic rings. The van der Waals surface area contributed by atoms with E-state index in [-0.39, 0.29) is 5.91 Å². The molecular formula is C14H16N6OS. The summed E-state index contributed by atoms with van der Waals surface area (Å²) in [5.41, 5.74) is 8.83. The van der Waals surface area contributed by atoms with Crippen LogP contribution in [-0.4, -0.2) is 32.8 Å². The van der Waals surface area contributed by atoms with Gasteiger partial charge in [0, 0.05) is 13.0 Å². The van der Waals surface area contributed by atoms with Crippen LogP contribution in [0.3, 0.4) is 0 Å². The quantitative estimate of drug-likeness (QED) is 0.654. The highest BCUT2D eigenvalue weighted by Crippen LogP contribution is 2.18. The molecule has 0 bridgehead atoms. The maximum Gasteiger partial charge on any atom is 0.263 e. The Labute approximate surface area is 130 Å². The SMILES string of the molecule is Cc1nc(CCN)sc1C(=O)NCc1ccc2n[nH]nc2c1. The number of rotatable bonds is 5. The second-order valence-corrected chi connectivity index (χ2v) is 5.97. The third kappa shape index (κ3) is 2.97. The predicted octanol–water partition coefficient (Wildman–Crippen LogP) is 1.15. The molecule has 0 aliphatic heterocycles. The van der Waals surface area contributed by atoms with Gasteiger partial charge in [0.15, 0.2) is 0 Å². The van der Waals surface area contributed by atoms with E-state index in [9.17, 15) is 4.79 Å². The number of aromatic nitrogens is 4. The smallest absolute Gasteiger partial charge is 0.263 e. The van der Waals surface area contributed by atoms with Crippen molar-refractivity contribution in [2.45, 2.75) is 19.9 Å². The molecule has 2 heterocycles. The third-order valence-electron chi connectivity index (χ3n) is 3.24. The summed E-state index contributed by atoms with van der Waals surface area (Å²) >= 11 is 1.40. The normalized spacial score (nSPS) is 11.0. The van der Waals surface area contributed by atoms with E-state index in [0.717, 1.165) is 27.3 Å². The van der Waals surface area contributed by atoms with E-state index in [1.807, 2.05) is 25.1 Å². The number of nitrogens with two attached hydrogens (primary N) is 1. The van der Waals surface area contributed by atoms with Crippen molar-refractivity contribution in [3.8, 4) is 0 Å². The van der Waals surface area contributed by atoms with Gasteiger partial charge in [0.25, 0.3) is 5.91 Å². The van der Waals surface area contributed by atoms with Crippen LogP contribution >= 0.6 is 11.3 Å². The molecule has 0 unspecified atom stereocenters. The summed E-state index contributed by atoms with van der Waals surface area (Å²) in [4.78, 5) is 17.3. The summed E-state index contributed by atoms with van der Waals surface area (Å²) in [5, 5.41) is 14.4. The number of H-pyrrole nitrogens is 1. The van der Waals surface area contributed by atoms with Crippen molar-refractivity contribution in [2.24, 2.45) is 5.73 Å². The van der Waals surface area contributed by atoms with Gasteiger partial charge in [-0.1, -0.05) is 6.07 Å². The van der Waals surface area contributed by atoms with Crippen LogP contribution in [0.1, 0.15) is 25.9 Å². The van der Waals surface area contributed by atoms with E-state index in [1.54, 1.807) is 0 Å². The molecule has 2 aromatic heterocycles. The number of thiazole rings is 1. The average Bonchev–Trinajstić information content (AvgIpc) is 3.11. The predicted molar refractivity (Wildman–Crippen MR) is 84.7 cm³/mol. The minimum absolute atomic E-state index is 0.112. The van der Waals surface area contributed by atoms with Crippen molar-refractivity contribution in [1.29, 1.82) is 0 Å². The van der Waals surface area contributed by atoms with Gasteiger partial charge in [-0.05, 0) is 31.2 Å². The van der Waals surface area contributed by atoms with E-state index >= 15 is 0 Å². The highest BCUT2D eigenvalue weighted by molar-refractivity contribution is 7.13. The average molecular weight is 316 g/mol. The molecule has 0 saturated heterocycles. The molecule has 0 atom stereocenters. The molecule has 114 valence electrons. The molecule has 22 heavy (non-hydrogen) atoms. The zero-order valence-electron chi connectivity index (χ0n) is 12.1. The van der Waals surface area contributed by atoms with Crippen molar-refractivity contribution in [2.75, 3.05) is 6.54 Å². The fourth-order valence-electron chi connectivity index (χ4n) is 2.15. The molecule has 0 fully saturated rings. The topological polar surface area (TPSA) is 110 Å². The standard InChI is InChI=1S/C14H16N6OS/c1-8-13(22-12(17-8)4-5-15)14(21)16-7-9-2-3-10-11(6-9)19-20-18-10/h2-3,6H,4-5,7,15H2,1H3,(H,16,21)(H,18,19,20). The lowest BCUT2D eigenvalue weighted by molar-refractivity contribution is 0.0954. The van der Waals surface area contributed by atoms with Crippen LogP contribution in [0.15, 0.2) is 18.2 Å². The second kappa shape index (κ2) is 6.20. The summed E-state index contributed by atoms with van der Waals surface area (Å²) in [6, 6.07) is 5.70. The van der Waals surface area contributed by atoms with Crippen molar-refractivity contribution in [1.82, 2.24) is 25.7 Å². The van der Waals surface area contributed by atoms with Gasteiger partial charge in [-0.2, -0.15) is 15.4 Å². The molecule has 0 radical (unpaired) electrons. The number of carbonyl (C=O) groups excluding carboxylic acids is 1. The van der Waals surface area contributed by atoms with Crippen LogP contribution in [0.2, 0.25) is 0 Å². The number of hydrogen-bond acceptors (Lipinski definition) is 6. The first-order chi connectivity index (χ1) is 10.7. The molecule has 7 nitrogen and oxygen atoms in total. The number of amides is 1. The fraction of sp³-hybridized carbons (Fsp3) is 0.286. The molecule has 1 amide bonds. The highest BCUT2D eigenvalue weighted by atomic mass is 32.1. The summed E-state index contributed by atoms with van der Waals surface area (Å²) < 4.78 is 0. The van der Waals surface area contributed by atoms with Gasteiger partial charge in [-0.15, -0.1) is 11.3 Å². The van der Waals surface area contributed by atoms with Gasteiger partial charge < -0.3 is 11.1 Å². The molecule has 0 saturated carbocycles. The highest BCUT2D eigenvalue weighted by Gasteiger charge is 2.14. The van der Waals surface area contributed by atoms with Gasteiger partial charge in [-0.3, -0.25) is 4.79 Å². The number of carbonyl (C=O) groups is 1. The number of nitrogens with zero attached hydrogens (tertiary/aromatic N) is 3. The number of nitrogens with one attached hydrogen (secondary N) is 2. The van der Waals surface area contributed by atoms with Crippen LogP contribution in [0.4, 0.5) is 0 Å². The Balaban J connectivity index is 1.68. The molecule has 1 aromatic carbocycles. The third-order valence-corrected chi connectivity index (χ3v) is 4.46. The Morgan fingerprint density at radius 2 is 2.18 bits per heavy atom. The van der Waals surface area contributed by atoms with Gasteiger partial charge in [0.2, 0.25) is 0 Å². The van der Waals surface area contributed by atoms with E-state index in [2.05, 4.69) is 25.7 Å². The van der Waals surface area contributed by atoms with Crippen molar-refractivity contribution in [3.63, 3.8) is 0 Å². The van der Waals surface area contributed by atoms with Gasteiger partial charge in [0.05, 0.1) is 10.7 Å². The molecular weight excluding hydrogens is 300 g/mol. The molecule has 0 aliphatic rings. The maximum absolute atomic E-state index is 12.3. The van der Waals surface area contributed by atoms with Crippen LogP contribution in [0, 0.1) is 6.92 Å². The Hall–Kier alpha value is -2.32. The molecule has 0 aliphatic carbocycles. The number of hydrogen-bond donors (Lipinski definition) is 3. The number of benzene rings is 1. The number of aromatic amines is 1. The molecule has 4 N–H and O–H groups in total. The lowest BCUT2D eigenvalue weighted by Crippen LogP contribution is -2.22. The number of fused-ring (bicyclic) bond motifs is 1. The Morgan fingerprint density at radius 1 is 1.36 bits per heavy atom. The van der Waals surface area contributed by atoms with E-state index < -0.39 is 0 Å². The van der Waals surface area contributed by atoms with Crippen molar-refractivity contribution < 1.29 is 4.79 Å². The van der Waals surface area contributed by atoms with Gasteiger partial charge in [-0.25, -0.2) is 4.98 Å². The van der Waals surface area contributed by atoms with Crippen LogP contribution in [-0.2, 0) is 13.0 Å². The Morgan fingerprint density at radius 3 is 3.00 bits per heavy atom. The zero-order chi connectivity index (χ0) is 15.5. The van der Waals surface area contributed by atoms with E-state index in [0.29, 0.717) is 24.4 Å².